The zero-order valence-electron chi connectivity index (χ0n) is 15.7. The minimum Gasteiger partial charge on any atom is -0.493 e. The number of nitrogens with one attached hydrogen (secondary N) is 1. The van der Waals surface area contributed by atoms with Crippen molar-refractivity contribution in [1.29, 1.82) is 0 Å². The zero-order chi connectivity index (χ0) is 18.8. The minimum absolute atomic E-state index is 0.0593. The fourth-order valence-electron chi connectivity index (χ4n) is 2.37. The maximum absolute atomic E-state index is 11.7. The van der Waals surface area contributed by atoms with Gasteiger partial charge in [0.25, 0.3) is 0 Å². The van der Waals surface area contributed by atoms with Crippen LogP contribution in [0.25, 0.3) is 0 Å². The van der Waals surface area contributed by atoms with Crippen LogP contribution in [0.5, 0.6) is 11.5 Å². The summed E-state index contributed by atoms with van der Waals surface area (Å²) in [5.41, 5.74) is 0.925. The quantitative estimate of drug-likeness (QED) is 0.618. The molecule has 0 heterocycles. The summed E-state index contributed by atoms with van der Waals surface area (Å²) in [4.78, 5) is 13.4. The molecule has 2 N–H and O–H groups in total. The highest BCUT2D eigenvalue weighted by Gasteiger charge is 2.13. The molecule has 1 aromatic rings. The molecule has 25 heavy (non-hydrogen) atoms. The number of amides is 1. The van der Waals surface area contributed by atoms with Crippen molar-refractivity contribution in [3.05, 3.63) is 23.8 Å². The third-order valence-corrected chi connectivity index (χ3v) is 3.41. The lowest BCUT2D eigenvalue weighted by atomic mass is 10.2. The van der Waals surface area contributed by atoms with Crippen molar-refractivity contribution in [3.8, 4) is 11.5 Å². The first kappa shape index (κ1) is 21.2. The summed E-state index contributed by atoms with van der Waals surface area (Å²) in [6, 6.07) is 5.65. The second-order valence-corrected chi connectivity index (χ2v) is 6.28. The van der Waals surface area contributed by atoms with Crippen LogP contribution in [0, 0.1) is 0 Å². The molecule has 7 heteroatoms. The molecule has 1 rings (SSSR count). The highest BCUT2D eigenvalue weighted by atomic mass is 16.5. The smallest absolute Gasteiger partial charge is 0.234 e. The van der Waals surface area contributed by atoms with E-state index in [9.17, 15) is 9.90 Å². The second kappa shape index (κ2) is 10.9. The number of hydrogen-bond acceptors (Lipinski definition) is 6. The molecule has 0 bridgehead atoms. The molecular weight excluding hydrogens is 324 g/mol. The monoisotopic (exact) mass is 354 g/mol. The number of carbonyl (C=O) groups is 1. The van der Waals surface area contributed by atoms with Crippen molar-refractivity contribution >= 4 is 5.91 Å². The molecule has 1 unspecified atom stereocenters. The van der Waals surface area contributed by atoms with E-state index in [1.165, 1.54) is 0 Å². The predicted octanol–water partition coefficient (Wildman–Crippen LogP) is 1.04. The van der Waals surface area contributed by atoms with Gasteiger partial charge in [-0.2, -0.15) is 0 Å². The third kappa shape index (κ3) is 8.20. The van der Waals surface area contributed by atoms with Gasteiger partial charge < -0.3 is 24.6 Å². The van der Waals surface area contributed by atoms with Gasteiger partial charge in [0.2, 0.25) is 5.91 Å². The van der Waals surface area contributed by atoms with Crippen LogP contribution in [0.15, 0.2) is 18.2 Å². The first-order valence-corrected chi connectivity index (χ1v) is 8.30. The molecule has 0 saturated heterocycles. The molecule has 0 aromatic heterocycles. The summed E-state index contributed by atoms with van der Waals surface area (Å²) in [7, 11) is 4.96. The molecule has 7 nitrogen and oxygen atoms in total. The molecule has 142 valence electrons. The second-order valence-electron chi connectivity index (χ2n) is 6.28. The Labute approximate surface area is 149 Å². The molecule has 1 atom stereocenters. The molecule has 0 aliphatic carbocycles. The molecule has 0 aliphatic heterocycles. The van der Waals surface area contributed by atoms with Crippen molar-refractivity contribution in [2.45, 2.75) is 32.6 Å². The molecule has 0 radical (unpaired) electrons. The number of likely N-dealkylation sites (N-methyl/N-ethyl adjacent to an activating group) is 1. The predicted molar refractivity (Wildman–Crippen MR) is 96.0 cm³/mol. The number of methoxy groups -OCH3 is 2. The Bertz CT molecular complexity index is 536. The SMILES string of the molecule is COc1ccc(COCC(O)CN(C)CC(=O)NC(C)C)cc1OC. The molecule has 0 saturated carbocycles. The topological polar surface area (TPSA) is 80.3 Å². The number of hydrogen-bond donors (Lipinski definition) is 2. The normalized spacial score (nSPS) is 12.3. The molecule has 0 aliphatic rings. The fourth-order valence-corrected chi connectivity index (χ4v) is 2.37. The van der Waals surface area contributed by atoms with E-state index in [0.717, 1.165) is 5.56 Å². The van der Waals surface area contributed by atoms with Crippen LogP contribution in [0.3, 0.4) is 0 Å². The molecule has 0 fully saturated rings. The van der Waals surface area contributed by atoms with Crippen LogP contribution >= 0.6 is 0 Å². The number of ether oxygens (including phenoxy) is 3. The van der Waals surface area contributed by atoms with Gasteiger partial charge >= 0.3 is 0 Å². The first-order chi connectivity index (χ1) is 11.8. The standard InChI is InChI=1S/C18H30N2O5/c1-13(2)19-18(22)10-20(3)9-15(21)12-25-11-14-6-7-16(23-4)17(8-14)24-5/h6-8,13,15,21H,9-12H2,1-5H3,(H,19,22). The lowest BCUT2D eigenvalue weighted by Crippen LogP contribution is -2.41. The van der Waals surface area contributed by atoms with Crippen molar-refractivity contribution in [1.82, 2.24) is 10.2 Å². The van der Waals surface area contributed by atoms with Gasteiger partial charge in [0.05, 0.1) is 40.1 Å². The number of aliphatic hydroxyl groups excluding tert-OH is 1. The summed E-state index contributed by atoms with van der Waals surface area (Å²) in [5.74, 6) is 1.24. The largest absolute Gasteiger partial charge is 0.493 e. The Morgan fingerprint density at radius 1 is 1.24 bits per heavy atom. The summed E-state index contributed by atoms with van der Waals surface area (Å²) in [5, 5.41) is 12.8. The molecule has 1 amide bonds. The van der Waals surface area contributed by atoms with Crippen molar-refractivity contribution < 1.29 is 24.1 Å². The maximum Gasteiger partial charge on any atom is 0.234 e. The van der Waals surface area contributed by atoms with Crippen LogP contribution in [0.4, 0.5) is 0 Å². The lowest BCUT2D eigenvalue weighted by Gasteiger charge is -2.20. The van der Waals surface area contributed by atoms with Crippen molar-refractivity contribution in [2.75, 3.05) is 41.0 Å². The highest BCUT2D eigenvalue weighted by Crippen LogP contribution is 2.27. The Balaban J connectivity index is 2.34. The summed E-state index contributed by atoms with van der Waals surface area (Å²) in [6.07, 6.45) is -0.669. The Morgan fingerprint density at radius 2 is 1.92 bits per heavy atom. The highest BCUT2D eigenvalue weighted by molar-refractivity contribution is 5.78. The molecule has 0 spiro atoms. The average molecular weight is 354 g/mol. The van der Waals surface area contributed by atoms with E-state index in [-0.39, 0.29) is 25.1 Å². The molecular formula is C18H30N2O5. The number of benzene rings is 1. The Morgan fingerprint density at radius 3 is 2.52 bits per heavy atom. The number of aliphatic hydroxyl groups is 1. The Kier molecular flexibility index (Phi) is 9.26. The first-order valence-electron chi connectivity index (χ1n) is 8.30. The zero-order valence-corrected chi connectivity index (χ0v) is 15.7. The van der Waals surface area contributed by atoms with Crippen LogP contribution in [-0.4, -0.2) is 69.0 Å². The average Bonchev–Trinajstić information content (AvgIpc) is 2.53. The van der Waals surface area contributed by atoms with Gasteiger partial charge in [-0.25, -0.2) is 0 Å². The van der Waals surface area contributed by atoms with Gasteiger partial charge in [0.15, 0.2) is 11.5 Å². The minimum atomic E-state index is -0.669. The van der Waals surface area contributed by atoms with E-state index in [1.807, 2.05) is 32.0 Å². The van der Waals surface area contributed by atoms with Crippen LogP contribution < -0.4 is 14.8 Å². The van der Waals surface area contributed by atoms with Gasteiger partial charge in [0.1, 0.15) is 0 Å². The van der Waals surface area contributed by atoms with Gasteiger partial charge in [0, 0.05) is 12.6 Å². The lowest BCUT2D eigenvalue weighted by molar-refractivity contribution is -0.122. The number of nitrogens with zero attached hydrogens (tertiary/aromatic N) is 1. The van der Waals surface area contributed by atoms with E-state index < -0.39 is 6.10 Å². The van der Waals surface area contributed by atoms with Crippen LogP contribution in [0.2, 0.25) is 0 Å². The van der Waals surface area contributed by atoms with Crippen molar-refractivity contribution in [3.63, 3.8) is 0 Å². The van der Waals surface area contributed by atoms with Gasteiger partial charge in [-0.1, -0.05) is 6.07 Å². The third-order valence-electron chi connectivity index (χ3n) is 3.41. The van der Waals surface area contributed by atoms with E-state index >= 15 is 0 Å². The summed E-state index contributed by atoms with van der Waals surface area (Å²) < 4.78 is 16.0. The van der Waals surface area contributed by atoms with Gasteiger partial charge in [-0.3, -0.25) is 9.69 Å². The summed E-state index contributed by atoms with van der Waals surface area (Å²) >= 11 is 0. The summed E-state index contributed by atoms with van der Waals surface area (Å²) in [6.45, 7) is 4.96. The van der Waals surface area contributed by atoms with Crippen LogP contribution in [-0.2, 0) is 16.1 Å². The van der Waals surface area contributed by atoms with Crippen LogP contribution in [0.1, 0.15) is 19.4 Å². The molecule has 1 aromatic carbocycles. The number of rotatable bonds is 11. The maximum atomic E-state index is 11.7. The Hall–Kier alpha value is -1.83. The van der Waals surface area contributed by atoms with Gasteiger partial charge in [-0.05, 0) is 38.6 Å². The van der Waals surface area contributed by atoms with E-state index in [1.54, 1.807) is 26.2 Å². The van der Waals surface area contributed by atoms with Gasteiger partial charge in [-0.15, -0.1) is 0 Å². The van der Waals surface area contributed by atoms with E-state index in [4.69, 9.17) is 14.2 Å². The van der Waals surface area contributed by atoms with E-state index in [0.29, 0.717) is 24.7 Å². The van der Waals surface area contributed by atoms with Crippen molar-refractivity contribution in [2.24, 2.45) is 0 Å². The van der Waals surface area contributed by atoms with E-state index in [2.05, 4.69) is 5.32 Å². The number of carbonyl (C=O) groups excluding carboxylic acids is 1. The fraction of sp³-hybridized carbons (Fsp3) is 0.611.